The van der Waals surface area contributed by atoms with E-state index in [-0.39, 0.29) is 6.04 Å². The molecule has 1 N–H and O–H groups in total. The molecular formula is C10H16N2S. The molecule has 13 heavy (non-hydrogen) atoms. The van der Waals surface area contributed by atoms with Crippen LogP contribution in [0.3, 0.4) is 0 Å². The summed E-state index contributed by atoms with van der Waals surface area (Å²) in [6.07, 6.45) is 3.08. The van der Waals surface area contributed by atoms with Gasteiger partial charge in [0.15, 0.2) is 0 Å². The maximum atomic E-state index is 4.22. The fourth-order valence-corrected chi connectivity index (χ4v) is 2.07. The Morgan fingerprint density at radius 2 is 2.54 bits per heavy atom. The van der Waals surface area contributed by atoms with E-state index in [1.54, 1.807) is 11.3 Å². The molecule has 1 atom stereocenters. The summed E-state index contributed by atoms with van der Waals surface area (Å²) in [6, 6.07) is 0.271. The normalized spacial score (nSPS) is 12.8. The fraction of sp³-hybridized carbons (Fsp3) is 0.500. The average Bonchev–Trinajstić information content (AvgIpc) is 2.54. The molecule has 0 radical (unpaired) electrons. The Bertz CT molecular complexity index is 268. The Morgan fingerprint density at radius 3 is 3.00 bits per heavy atom. The van der Waals surface area contributed by atoms with Gasteiger partial charge in [0.05, 0.1) is 17.2 Å². The lowest BCUT2D eigenvalue weighted by molar-refractivity contribution is 0.617. The van der Waals surface area contributed by atoms with Gasteiger partial charge in [0.1, 0.15) is 0 Å². The minimum atomic E-state index is 0.271. The van der Waals surface area contributed by atoms with Gasteiger partial charge in [-0.15, -0.1) is 17.9 Å². The largest absolute Gasteiger partial charge is 0.306 e. The van der Waals surface area contributed by atoms with Gasteiger partial charge in [0, 0.05) is 4.88 Å². The number of rotatable bonds is 5. The van der Waals surface area contributed by atoms with Crippen molar-refractivity contribution in [1.29, 1.82) is 0 Å². The van der Waals surface area contributed by atoms with Gasteiger partial charge in [0.25, 0.3) is 0 Å². The van der Waals surface area contributed by atoms with Crippen molar-refractivity contribution in [2.75, 3.05) is 6.54 Å². The van der Waals surface area contributed by atoms with Gasteiger partial charge in [-0.25, -0.2) is 4.98 Å². The zero-order valence-electron chi connectivity index (χ0n) is 8.21. The summed E-state index contributed by atoms with van der Waals surface area (Å²) in [5.41, 5.74) is 2.99. The standard InChI is InChI=1S/C10H16N2S/c1-4-6-11-9(5-2)10-8(3)12-7-13-10/h5,7,9,11H,2,4,6H2,1,3H3. The third kappa shape index (κ3) is 2.64. The van der Waals surface area contributed by atoms with E-state index in [0.717, 1.165) is 18.7 Å². The van der Waals surface area contributed by atoms with Crippen molar-refractivity contribution in [3.63, 3.8) is 0 Å². The van der Waals surface area contributed by atoms with Crippen molar-refractivity contribution in [2.24, 2.45) is 0 Å². The molecule has 1 unspecified atom stereocenters. The summed E-state index contributed by atoms with van der Waals surface area (Å²) in [7, 11) is 0. The number of thiazole rings is 1. The summed E-state index contributed by atoms with van der Waals surface area (Å²) >= 11 is 1.69. The van der Waals surface area contributed by atoms with Crippen LogP contribution in [0.5, 0.6) is 0 Å². The molecule has 1 aromatic rings. The van der Waals surface area contributed by atoms with E-state index in [4.69, 9.17) is 0 Å². The quantitative estimate of drug-likeness (QED) is 0.732. The molecule has 3 heteroatoms. The third-order valence-corrected chi connectivity index (χ3v) is 2.93. The first-order chi connectivity index (χ1) is 6.29. The van der Waals surface area contributed by atoms with Gasteiger partial charge in [-0.3, -0.25) is 0 Å². The topological polar surface area (TPSA) is 24.9 Å². The smallest absolute Gasteiger partial charge is 0.0798 e. The average molecular weight is 196 g/mol. The summed E-state index contributed by atoms with van der Waals surface area (Å²) in [4.78, 5) is 5.51. The van der Waals surface area contributed by atoms with E-state index >= 15 is 0 Å². The molecule has 0 spiro atoms. The van der Waals surface area contributed by atoms with Crippen LogP contribution in [-0.2, 0) is 0 Å². The van der Waals surface area contributed by atoms with E-state index < -0.39 is 0 Å². The van der Waals surface area contributed by atoms with Crippen LogP contribution < -0.4 is 5.32 Å². The van der Waals surface area contributed by atoms with E-state index in [1.807, 2.05) is 18.5 Å². The van der Waals surface area contributed by atoms with Crippen molar-refractivity contribution in [3.8, 4) is 0 Å². The molecule has 0 saturated heterocycles. The number of hydrogen-bond donors (Lipinski definition) is 1. The lowest BCUT2D eigenvalue weighted by atomic mass is 10.2. The summed E-state index contributed by atoms with van der Waals surface area (Å²) in [5.74, 6) is 0. The summed E-state index contributed by atoms with van der Waals surface area (Å²) in [5, 5.41) is 3.41. The molecular weight excluding hydrogens is 180 g/mol. The van der Waals surface area contributed by atoms with E-state index in [9.17, 15) is 0 Å². The second-order valence-electron chi connectivity index (χ2n) is 2.97. The van der Waals surface area contributed by atoms with Gasteiger partial charge in [-0.1, -0.05) is 13.0 Å². The van der Waals surface area contributed by atoms with Crippen molar-refractivity contribution in [1.82, 2.24) is 10.3 Å². The number of hydrogen-bond acceptors (Lipinski definition) is 3. The van der Waals surface area contributed by atoms with Crippen LogP contribution in [0.4, 0.5) is 0 Å². The zero-order valence-corrected chi connectivity index (χ0v) is 9.03. The van der Waals surface area contributed by atoms with E-state index in [0.29, 0.717) is 0 Å². The Morgan fingerprint density at radius 1 is 1.77 bits per heavy atom. The SMILES string of the molecule is C=CC(NCCC)c1scnc1C. The molecule has 2 nitrogen and oxygen atoms in total. The molecule has 0 aromatic carbocycles. The maximum absolute atomic E-state index is 4.22. The molecule has 0 bridgehead atoms. The molecule has 1 rings (SSSR count). The van der Waals surface area contributed by atoms with Gasteiger partial charge < -0.3 is 5.32 Å². The first-order valence-corrected chi connectivity index (χ1v) is 5.43. The van der Waals surface area contributed by atoms with E-state index in [1.165, 1.54) is 4.88 Å². The lowest BCUT2D eigenvalue weighted by Gasteiger charge is -2.12. The highest BCUT2D eigenvalue weighted by molar-refractivity contribution is 7.09. The predicted octanol–water partition coefficient (Wildman–Crippen LogP) is 2.68. The minimum Gasteiger partial charge on any atom is -0.306 e. The molecule has 0 fully saturated rings. The number of nitrogens with zero attached hydrogens (tertiary/aromatic N) is 1. The van der Waals surface area contributed by atoms with Gasteiger partial charge in [-0.05, 0) is 19.9 Å². The maximum Gasteiger partial charge on any atom is 0.0798 e. The second-order valence-corrected chi connectivity index (χ2v) is 3.86. The molecule has 72 valence electrons. The number of nitrogens with one attached hydrogen (secondary N) is 1. The van der Waals surface area contributed by atoms with Crippen LogP contribution >= 0.6 is 11.3 Å². The highest BCUT2D eigenvalue weighted by atomic mass is 32.1. The first kappa shape index (κ1) is 10.4. The van der Waals surface area contributed by atoms with Crippen LogP contribution in [0, 0.1) is 6.92 Å². The zero-order chi connectivity index (χ0) is 9.68. The Balaban J connectivity index is 2.66. The molecule has 0 aliphatic heterocycles. The third-order valence-electron chi connectivity index (χ3n) is 1.92. The molecule has 0 aliphatic rings. The predicted molar refractivity (Wildman–Crippen MR) is 58.1 cm³/mol. The van der Waals surface area contributed by atoms with Crippen LogP contribution in [0.25, 0.3) is 0 Å². The van der Waals surface area contributed by atoms with Crippen LogP contribution in [0.15, 0.2) is 18.2 Å². The minimum absolute atomic E-state index is 0.271. The summed E-state index contributed by atoms with van der Waals surface area (Å²) in [6.45, 7) is 9.05. The van der Waals surface area contributed by atoms with Crippen molar-refractivity contribution < 1.29 is 0 Å². The summed E-state index contributed by atoms with van der Waals surface area (Å²) < 4.78 is 0. The Kier molecular flexibility index (Phi) is 4.12. The van der Waals surface area contributed by atoms with Crippen LogP contribution in [0.2, 0.25) is 0 Å². The van der Waals surface area contributed by atoms with Crippen LogP contribution in [-0.4, -0.2) is 11.5 Å². The first-order valence-electron chi connectivity index (χ1n) is 4.55. The van der Waals surface area contributed by atoms with Gasteiger partial charge in [0.2, 0.25) is 0 Å². The van der Waals surface area contributed by atoms with Crippen LogP contribution in [0.1, 0.15) is 30.0 Å². The van der Waals surface area contributed by atoms with E-state index in [2.05, 4.69) is 23.8 Å². The Hall–Kier alpha value is -0.670. The highest BCUT2D eigenvalue weighted by Gasteiger charge is 2.10. The van der Waals surface area contributed by atoms with Gasteiger partial charge >= 0.3 is 0 Å². The molecule has 0 saturated carbocycles. The van der Waals surface area contributed by atoms with Crippen molar-refractivity contribution in [2.45, 2.75) is 26.3 Å². The number of aryl methyl sites for hydroxylation is 1. The molecule has 0 aliphatic carbocycles. The molecule has 1 aromatic heterocycles. The monoisotopic (exact) mass is 196 g/mol. The molecule has 1 heterocycles. The van der Waals surface area contributed by atoms with Gasteiger partial charge in [-0.2, -0.15) is 0 Å². The number of aromatic nitrogens is 1. The highest BCUT2D eigenvalue weighted by Crippen LogP contribution is 2.22. The van der Waals surface area contributed by atoms with Crippen molar-refractivity contribution >= 4 is 11.3 Å². The fourth-order valence-electron chi connectivity index (χ4n) is 1.19. The Labute approximate surface area is 83.7 Å². The second kappa shape index (κ2) is 5.14. The lowest BCUT2D eigenvalue weighted by Crippen LogP contribution is -2.19. The molecule has 0 amide bonds. The van der Waals surface area contributed by atoms with Crippen molar-refractivity contribution in [3.05, 3.63) is 28.7 Å².